The minimum atomic E-state index is -3.40. The molecular weight excluding hydrogens is 490 g/mol. The molecule has 2 rings (SSSR count). The molecule has 0 aliphatic heterocycles. The van der Waals surface area contributed by atoms with Crippen molar-refractivity contribution in [2.75, 3.05) is 18.2 Å². The number of hydrogen-bond donors (Lipinski definition) is 2. The Bertz CT molecular complexity index is 1210. The molecule has 2 aromatic carbocycles. The number of ether oxygens (including phenoxy) is 1. The SMILES string of the molecule is CCCS(=O)(=O)c1ccc(C(CC(=O)Nc2cc(CC(=O)O)ccc2C(C)(C)C)CC(C)C)c(OC)c1. The molecule has 1 amide bonds. The van der Waals surface area contributed by atoms with Gasteiger partial charge in [0.2, 0.25) is 5.91 Å². The van der Waals surface area contributed by atoms with Crippen LogP contribution in [0, 0.1) is 5.92 Å². The third-order valence-electron chi connectivity index (χ3n) is 6.19. The van der Waals surface area contributed by atoms with Crippen LogP contribution in [-0.2, 0) is 31.3 Å². The molecule has 7 nitrogen and oxygen atoms in total. The number of amides is 1. The Balaban J connectivity index is 2.41. The fourth-order valence-corrected chi connectivity index (χ4v) is 5.89. The number of sulfone groups is 1. The second-order valence-corrected chi connectivity index (χ2v) is 13.1. The molecule has 204 valence electrons. The molecule has 0 heterocycles. The first kappa shape index (κ1) is 30.4. The van der Waals surface area contributed by atoms with Gasteiger partial charge in [-0.2, -0.15) is 0 Å². The zero-order valence-corrected chi connectivity index (χ0v) is 23.9. The number of carbonyl (C=O) groups excluding carboxylic acids is 1. The lowest BCUT2D eigenvalue weighted by molar-refractivity contribution is -0.136. The topological polar surface area (TPSA) is 110 Å². The van der Waals surface area contributed by atoms with Gasteiger partial charge in [-0.05, 0) is 65.0 Å². The lowest BCUT2D eigenvalue weighted by atomic mass is 9.84. The minimum absolute atomic E-state index is 0.0599. The molecule has 0 spiro atoms. The van der Waals surface area contributed by atoms with Crippen LogP contribution in [0.15, 0.2) is 41.3 Å². The first-order valence-corrected chi connectivity index (χ1v) is 14.4. The molecule has 0 saturated carbocycles. The normalized spacial score (nSPS) is 12.9. The second-order valence-electron chi connectivity index (χ2n) is 11.0. The highest BCUT2D eigenvalue weighted by molar-refractivity contribution is 7.91. The smallest absolute Gasteiger partial charge is 0.307 e. The maximum atomic E-state index is 13.3. The van der Waals surface area contributed by atoms with E-state index in [2.05, 4.69) is 19.2 Å². The molecule has 37 heavy (non-hydrogen) atoms. The summed E-state index contributed by atoms with van der Waals surface area (Å²) in [4.78, 5) is 24.8. The maximum Gasteiger partial charge on any atom is 0.307 e. The predicted molar refractivity (Wildman–Crippen MR) is 147 cm³/mol. The van der Waals surface area contributed by atoms with E-state index in [0.29, 0.717) is 29.8 Å². The summed E-state index contributed by atoms with van der Waals surface area (Å²) in [5.41, 5.74) is 2.66. The van der Waals surface area contributed by atoms with Gasteiger partial charge in [0.25, 0.3) is 0 Å². The van der Waals surface area contributed by atoms with E-state index in [4.69, 9.17) is 4.74 Å². The lowest BCUT2D eigenvalue weighted by Crippen LogP contribution is -2.21. The molecule has 1 unspecified atom stereocenters. The van der Waals surface area contributed by atoms with E-state index in [-0.39, 0.29) is 46.6 Å². The summed E-state index contributed by atoms with van der Waals surface area (Å²) in [5, 5.41) is 12.2. The van der Waals surface area contributed by atoms with Gasteiger partial charge in [0.05, 0.1) is 24.2 Å². The number of anilines is 1. The average molecular weight is 532 g/mol. The number of benzene rings is 2. The summed E-state index contributed by atoms with van der Waals surface area (Å²) in [5.74, 6) is -0.532. The van der Waals surface area contributed by atoms with E-state index in [9.17, 15) is 23.1 Å². The van der Waals surface area contributed by atoms with Crippen molar-refractivity contribution in [2.24, 2.45) is 5.92 Å². The van der Waals surface area contributed by atoms with Crippen LogP contribution < -0.4 is 10.1 Å². The Kier molecular flexibility index (Phi) is 10.3. The van der Waals surface area contributed by atoms with E-state index in [1.807, 2.05) is 33.8 Å². The Morgan fingerprint density at radius 3 is 2.30 bits per heavy atom. The minimum Gasteiger partial charge on any atom is -0.496 e. The van der Waals surface area contributed by atoms with Crippen LogP contribution in [0.25, 0.3) is 0 Å². The Morgan fingerprint density at radius 1 is 1.08 bits per heavy atom. The number of carbonyl (C=O) groups is 2. The number of carboxylic acids is 1. The van der Waals surface area contributed by atoms with Crippen molar-refractivity contribution in [1.29, 1.82) is 0 Å². The number of hydrogen-bond acceptors (Lipinski definition) is 5. The van der Waals surface area contributed by atoms with Crippen LogP contribution in [0.1, 0.15) is 83.4 Å². The van der Waals surface area contributed by atoms with Crippen molar-refractivity contribution < 1.29 is 27.9 Å². The van der Waals surface area contributed by atoms with Crippen LogP contribution in [0.2, 0.25) is 0 Å². The maximum absolute atomic E-state index is 13.3. The summed E-state index contributed by atoms with van der Waals surface area (Å²) in [6.45, 7) is 12.1. The van der Waals surface area contributed by atoms with Gasteiger partial charge >= 0.3 is 5.97 Å². The second kappa shape index (κ2) is 12.6. The number of rotatable bonds is 12. The van der Waals surface area contributed by atoms with E-state index >= 15 is 0 Å². The van der Waals surface area contributed by atoms with Crippen molar-refractivity contribution in [3.05, 3.63) is 53.1 Å². The quantitative estimate of drug-likeness (QED) is 0.350. The third kappa shape index (κ3) is 8.59. The summed E-state index contributed by atoms with van der Waals surface area (Å²) < 4.78 is 30.8. The van der Waals surface area contributed by atoms with Crippen LogP contribution in [0.3, 0.4) is 0 Å². The fraction of sp³-hybridized carbons (Fsp3) is 0.517. The van der Waals surface area contributed by atoms with Gasteiger partial charge in [0, 0.05) is 12.1 Å². The molecular formula is C29H41NO6S. The first-order chi connectivity index (χ1) is 17.2. The molecule has 8 heteroatoms. The summed E-state index contributed by atoms with van der Waals surface area (Å²) in [7, 11) is -1.90. The van der Waals surface area contributed by atoms with Gasteiger partial charge in [0.1, 0.15) is 5.75 Å². The third-order valence-corrected chi connectivity index (χ3v) is 8.10. The van der Waals surface area contributed by atoms with Gasteiger partial charge in [-0.15, -0.1) is 0 Å². The predicted octanol–water partition coefficient (Wildman–Crippen LogP) is 5.96. The van der Waals surface area contributed by atoms with E-state index < -0.39 is 15.8 Å². The van der Waals surface area contributed by atoms with Crippen molar-refractivity contribution in [2.45, 2.75) is 83.5 Å². The molecule has 0 aliphatic rings. The molecule has 0 bridgehead atoms. The lowest BCUT2D eigenvalue weighted by Gasteiger charge is -2.25. The summed E-state index contributed by atoms with van der Waals surface area (Å²) in [6.07, 6.45) is 1.26. The highest BCUT2D eigenvalue weighted by Gasteiger charge is 2.25. The van der Waals surface area contributed by atoms with Crippen LogP contribution in [0.5, 0.6) is 5.75 Å². The van der Waals surface area contributed by atoms with E-state index in [1.165, 1.54) is 7.11 Å². The number of nitrogens with one attached hydrogen (secondary N) is 1. The fourth-order valence-electron chi connectivity index (χ4n) is 4.56. The number of methoxy groups -OCH3 is 1. The molecule has 0 aliphatic carbocycles. The highest BCUT2D eigenvalue weighted by Crippen LogP contribution is 2.37. The summed E-state index contributed by atoms with van der Waals surface area (Å²) in [6, 6.07) is 10.3. The monoisotopic (exact) mass is 531 g/mol. The Hall–Kier alpha value is -2.87. The largest absolute Gasteiger partial charge is 0.496 e. The molecule has 1 atom stereocenters. The number of carboxylic acid groups (broad SMARTS) is 1. The zero-order valence-electron chi connectivity index (χ0n) is 23.1. The van der Waals surface area contributed by atoms with Crippen LogP contribution in [0.4, 0.5) is 5.69 Å². The van der Waals surface area contributed by atoms with E-state index in [0.717, 1.165) is 11.1 Å². The molecule has 2 aromatic rings. The van der Waals surface area contributed by atoms with E-state index in [1.54, 1.807) is 30.3 Å². The van der Waals surface area contributed by atoms with Gasteiger partial charge in [0.15, 0.2) is 9.84 Å². The summed E-state index contributed by atoms with van der Waals surface area (Å²) >= 11 is 0. The Morgan fingerprint density at radius 2 is 1.76 bits per heavy atom. The highest BCUT2D eigenvalue weighted by atomic mass is 32.2. The molecule has 0 radical (unpaired) electrons. The van der Waals surface area contributed by atoms with Crippen molar-refractivity contribution in [3.8, 4) is 5.75 Å². The van der Waals surface area contributed by atoms with Gasteiger partial charge in [-0.25, -0.2) is 8.42 Å². The molecule has 0 aromatic heterocycles. The molecule has 0 fully saturated rings. The van der Waals surface area contributed by atoms with Crippen molar-refractivity contribution in [3.63, 3.8) is 0 Å². The van der Waals surface area contributed by atoms with Crippen molar-refractivity contribution >= 4 is 27.4 Å². The van der Waals surface area contributed by atoms with Crippen LogP contribution in [-0.4, -0.2) is 38.3 Å². The molecule has 0 saturated heterocycles. The molecule has 2 N–H and O–H groups in total. The van der Waals surface area contributed by atoms with Gasteiger partial charge in [-0.3, -0.25) is 9.59 Å². The van der Waals surface area contributed by atoms with Gasteiger partial charge in [-0.1, -0.05) is 59.7 Å². The average Bonchev–Trinajstić information content (AvgIpc) is 2.76. The first-order valence-electron chi connectivity index (χ1n) is 12.7. The number of aliphatic carboxylic acids is 1. The van der Waals surface area contributed by atoms with Gasteiger partial charge < -0.3 is 15.2 Å². The van der Waals surface area contributed by atoms with Crippen LogP contribution >= 0.6 is 0 Å². The standard InChI is InChI=1S/C29H41NO6S/c1-8-13-37(34,35)22-10-11-23(26(18-22)36-7)21(14-19(2)3)17-27(31)30-25-15-20(16-28(32)33)9-12-24(25)29(4,5)6/h9-12,15,18-19,21H,8,13-14,16-17H2,1-7H3,(H,30,31)(H,32,33). The Labute approximate surface area is 221 Å². The zero-order chi connectivity index (χ0) is 28.0. The van der Waals surface area contributed by atoms with Crippen molar-refractivity contribution in [1.82, 2.24) is 0 Å².